The van der Waals surface area contributed by atoms with Crippen molar-refractivity contribution in [2.45, 2.75) is 26.4 Å². The van der Waals surface area contributed by atoms with Gasteiger partial charge in [-0.2, -0.15) is 0 Å². The average Bonchev–Trinajstić information content (AvgIpc) is 2.47. The number of carbonyl (C=O) groups excluding carboxylic acids is 1. The third kappa shape index (κ3) is 2.78. The maximum Gasteiger partial charge on any atom is 0.236 e. The summed E-state index contributed by atoms with van der Waals surface area (Å²) in [5.74, 6) is -0.132. The third-order valence-corrected chi connectivity index (χ3v) is 2.62. The van der Waals surface area contributed by atoms with Crippen LogP contribution in [0, 0.1) is 6.92 Å². The van der Waals surface area contributed by atoms with Gasteiger partial charge < -0.3 is 11.1 Å². The van der Waals surface area contributed by atoms with Crippen LogP contribution >= 0.6 is 11.3 Å². The molecule has 1 rings (SSSR count). The minimum atomic E-state index is -0.451. The minimum absolute atomic E-state index is 0.132. The molecule has 3 N–H and O–H groups in total. The highest BCUT2D eigenvalue weighted by molar-refractivity contribution is 7.09. The van der Waals surface area contributed by atoms with Crippen LogP contribution in [0.3, 0.4) is 0 Å². The smallest absolute Gasteiger partial charge is 0.236 e. The Morgan fingerprint density at radius 1 is 1.85 bits per heavy atom. The van der Waals surface area contributed by atoms with Gasteiger partial charge in [0.05, 0.1) is 23.8 Å². The largest absolute Gasteiger partial charge is 0.350 e. The van der Waals surface area contributed by atoms with Crippen LogP contribution in [-0.4, -0.2) is 16.9 Å². The van der Waals surface area contributed by atoms with E-state index in [0.717, 1.165) is 10.6 Å². The number of nitrogens with zero attached hydrogens (tertiary/aromatic N) is 1. The topological polar surface area (TPSA) is 68.0 Å². The number of amides is 1. The van der Waals surface area contributed by atoms with Gasteiger partial charge in [0.25, 0.3) is 0 Å². The Bertz CT molecular complexity index is 295. The van der Waals surface area contributed by atoms with E-state index in [1.807, 2.05) is 6.92 Å². The molecule has 1 aromatic rings. The van der Waals surface area contributed by atoms with Crippen molar-refractivity contribution in [1.82, 2.24) is 10.3 Å². The molecule has 0 aliphatic heterocycles. The van der Waals surface area contributed by atoms with Crippen LogP contribution in [0.5, 0.6) is 0 Å². The van der Waals surface area contributed by atoms with E-state index in [4.69, 9.17) is 5.73 Å². The lowest BCUT2D eigenvalue weighted by Gasteiger charge is -2.06. The van der Waals surface area contributed by atoms with E-state index in [0.29, 0.717) is 6.54 Å². The van der Waals surface area contributed by atoms with Gasteiger partial charge in [0.1, 0.15) is 0 Å². The number of rotatable bonds is 3. The maximum atomic E-state index is 11.1. The molecule has 0 aliphatic rings. The summed E-state index contributed by atoms with van der Waals surface area (Å²) in [6.45, 7) is 4.11. The van der Waals surface area contributed by atoms with E-state index in [1.54, 1.807) is 12.4 Å². The highest BCUT2D eigenvalue weighted by Crippen LogP contribution is 2.10. The molecule has 0 saturated carbocycles. The Kier molecular flexibility index (Phi) is 3.39. The van der Waals surface area contributed by atoms with Crippen molar-refractivity contribution in [3.63, 3.8) is 0 Å². The monoisotopic (exact) mass is 199 g/mol. The van der Waals surface area contributed by atoms with Gasteiger partial charge in [-0.25, -0.2) is 4.98 Å². The summed E-state index contributed by atoms with van der Waals surface area (Å²) in [5.41, 5.74) is 8.12. The zero-order valence-corrected chi connectivity index (χ0v) is 8.52. The predicted octanol–water partition coefficient (Wildman–Crippen LogP) is 0.415. The van der Waals surface area contributed by atoms with E-state index in [9.17, 15) is 4.79 Å². The van der Waals surface area contributed by atoms with Crippen molar-refractivity contribution < 1.29 is 4.79 Å². The molecule has 0 bridgehead atoms. The van der Waals surface area contributed by atoms with Crippen LogP contribution < -0.4 is 11.1 Å². The van der Waals surface area contributed by atoms with Gasteiger partial charge in [0, 0.05) is 4.88 Å². The van der Waals surface area contributed by atoms with Gasteiger partial charge in [0.2, 0.25) is 5.91 Å². The molecule has 1 atom stereocenters. The first-order valence-electron chi connectivity index (χ1n) is 4.03. The van der Waals surface area contributed by atoms with Crippen LogP contribution in [0.25, 0.3) is 0 Å². The van der Waals surface area contributed by atoms with Crippen LogP contribution in [0.2, 0.25) is 0 Å². The van der Waals surface area contributed by atoms with E-state index < -0.39 is 6.04 Å². The number of carbonyl (C=O) groups is 1. The Morgan fingerprint density at radius 3 is 3.00 bits per heavy atom. The van der Waals surface area contributed by atoms with Gasteiger partial charge in [-0.15, -0.1) is 11.3 Å². The summed E-state index contributed by atoms with van der Waals surface area (Å²) < 4.78 is 0. The van der Waals surface area contributed by atoms with E-state index in [2.05, 4.69) is 10.3 Å². The summed E-state index contributed by atoms with van der Waals surface area (Å²) in [5, 5.41) is 2.73. The average molecular weight is 199 g/mol. The fourth-order valence-electron chi connectivity index (χ4n) is 0.824. The molecule has 72 valence electrons. The summed E-state index contributed by atoms with van der Waals surface area (Å²) >= 11 is 1.54. The van der Waals surface area contributed by atoms with Gasteiger partial charge in [-0.3, -0.25) is 4.79 Å². The normalized spacial score (nSPS) is 12.5. The molecule has 0 radical (unpaired) electrons. The lowest BCUT2D eigenvalue weighted by molar-refractivity contribution is -0.122. The minimum Gasteiger partial charge on any atom is -0.350 e. The Morgan fingerprint density at radius 2 is 2.54 bits per heavy atom. The van der Waals surface area contributed by atoms with Crippen LogP contribution in [0.1, 0.15) is 17.5 Å². The fourth-order valence-corrected chi connectivity index (χ4v) is 1.54. The van der Waals surface area contributed by atoms with Crippen molar-refractivity contribution >= 4 is 17.2 Å². The van der Waals surface area contributed by atoms with Crippen LogP contribution in [0.4, 0.5) is 0 Å². The molecule has 1 unspecified atom stereocenters. The summed E-state index contributed by atoms with van der Waals surface area (Å²) in [7, 11) is 0. The molecule has 0 saturated heterocycles. The molecule has 0 fully saturated rings. The van der Waals surface area contributed by atoms with Gasteiger partial charge in [-0.1, -0.05) is 0 Å². The number of nitrogens with one attached hydrogen (secondary N) is 1. The molecule has 5 heteroatoms. The number of hydrogen-bond acceptors (Lipinski definition) is 4. The van der Waals surface area contributed by atoms with E-state index >= 15 is 0 Å². The lowest BCUT2D eigenvalue weighted by atomic mass is 10.3. The quantitative estimate of drug-likeness (QED) is 0.741. The molecule has 1 heterocycles. The number of thiazole rings is 1. The molecule has 1 amide bonds. The number of aromatic nitrogens is 1. The highest BCUT2D eigenvalue weighted by Gasteiger charge is 2.07. The zero-order valence-electron chi connectivity index (χ0n) is 7.70. The van der Waals surface area contributed by atoms with Crippen molar-refractivity contribution in [1.29, 1.82) is 0 Å². The number of aryl methyl sites for hydroxylation is 1. The molecular weight excluding hydrogens is 186 g/mol. The van der Waals surface area contributed by atoms with Crippen molar-refractivity contribution in [2.24, 2.45) is 5.73 Å². The van der Waals surface area contributed by atoms with Crippen molar-refractivity contribution in [3.8, 4) is 0 Å². The number of hydrogen-bond donors (Lipinski definition) is 2. The lowest BCUT2D eigenvalue weighted by Crippen LogP contribution is -2.37. The first-order valence-corrected chi connectivity index (χ1v) is 4.91. The van der Waals surface area contributed by atoms with Gasteiger partial charge in [-0.05, 0) is 13.8 Å². The van der Waals surface area contributed by atoms with Crippen molar-refractivity contribution in [2.75, 3.05) is 0 Å². The molecule has 1 aromatic heterocycles. The summed E-state index contributed by atoms with van der Waals surface area (Å²) in [4.78, 5) is 16.3. The third-order valence-electron chi connectivity index (χ3n) is 1.68. The first-order chi connectivity index (χ1) is 6.11. The van der Waals surface area contributed by atoms with Gasteiger partial charge >= 0.3 is 0 Å². The molecule has 4 nitrogen and oxygen atoms in total. The maximum absolute atomic E-state index is 11.1. The first kappa shape index (κ1) is 10.1. The standard InChI is InChI=1S/C8H13N3OS/c1-5(9)8(12)10-3-7-6(2)11-4-13-7/h4-5H,3,9H2,1-2H3,(H,10,12). The van der Waals surface area contributed by atoms with E-state index in [1.165, 1.54) is 11.3 Å². The Hall–Kier alpha value is -0.940. The van der Waals surface area contributed by atoms with E-state index in [-0.39, 0.29) is 5.91 Å². The van der Waals surface area contributed by atoms with Crippen LogP contribution in [0.15, 0.2) is 5.51 Å². The molecule has 0 spiro atoms. The molecule has 0 aliphatic carbocycles. The summed E-state index contributed by atoms with van der Waals surface area (Å²) in [6.07, 6.45) is 0. The Balaban J connectivity index is 2.44. The predicted molar refractivity (Wildman–Crippen MR) is 52.3 cm³/mol. The molecular formula is C8H13N3OS. The second-order valence-corrected chi connectivity index (χ2v) is 3.81. The molecule has 13 heavy (non-hydrogen) atoms. The van der Waals surface area contributed by atoms with Crippen LogP contribution in [-0.2, 0) is 11.3 Å². The zero-order chi connectivity index (χ0) is 9.84. The Labute approximate surface area is 81.2 Å². The highest BCUT2D eigenvalue weighted by atomic mass is 32.1. The van der Waals surface area contributed by atoms with Gasteiger partial charge in [0.15, 0.2) is 0 Å². The number of nitrogens with two attached hydrogens (primary N) is 1. The fraction of sp³-hybridized carbons (Fsp3) is 0.500. The molecule has 0 aromatic carbocycles. The second-order valence-electron chi connectivity index (χ2n) is 2.87. The summed E-state index contributed by atoms with van der Waals surface area (Å²) in [6, 6.07) is -0.451. The second kappa shape index (κ2) is 4.34. The van der Waals surface area contributed by atoms with Crippen molar-refractivity contribution in [3.05, 3.63) is 16.1 Å². The SMILES string of the molecule is Cc1ncsc1CNC(=O)C(C)N.